The molecule has 8 heteroatoms. The van der Waals surface area contributed by atoms with Crippen molar-refractivity contribution in [3.63, 3.8) is 0 Å². The molecule has 1 amide bonds. The van der Waals surface area contributed by atoms with Crippen LogP contribution >= 0.6 is 11.8 Å². The van der Waals surface area contributed by atoms with Crippen molar-refractivity contribution in [2.24, 2.45) is 0 Å². The molecule has 3 aromatic rings. The summed E-state index contributed by atoms with van der Waals surface area (Å²) >= 11 is 1.74. The molecular weight excluding hydrogens is 324 g/mol. The van der Waals surface area contributed by atoms with Crippen molar-refractivity contribution in [1.82, 2.24) is 30.0 Å². The molecule has 0 spiro atoms. The van der Waals surface area contributed by atoms with Crippen LogP contribution in [0.5, 0.6) is 0 Å². The van der Waals surface area contributed by atoms with Crippen LogP contribution in [0.1, 0.15) is 21.7 Å². The molecule has 2 heterocycles. The summed E-state index contributed by atoms with van der Waals surface area (Å²) in [5, 5.41) is 10.5. The van der Waals surface area contributed by atoms with Crippen molar-refractivity contribution in [2.75, 3.05) is 12.3 Å². The number of para-hydroxylation sites is 1. The molecule has 7 nitrogen and oxygen atoms in total. The van der Waals surface area contributed by atoms with Crippen molar-refractivity contribution >= 4 is 17.7 Å². The lowest BCUT2D eigenvalue weighted by atomic mass is 10.1. The third kappa shape index (κ3) is 3.83. The second-order valence-corrected chi connectivity index (χ2v) is 6.27. The van der Waals surface area contributed by atoms with Crippen LogP contribution in [0.15, 0.2) is 43.2 Å². The monoisotopic (exact) mass is 342 g/mol. The lowest BCUT2D eigenvalue weighted by molar-refractivity contribution is 0.0956. The maximum atomic E-state index is 12.4. The first-order valence-corrected chi connectivity index (χ1v) is 8.70. The van der Waals surface area contributed by atoms with E-state index < -0.39 is 0 Å². The standard InChI is InChI=1S/C16H18N6OS/c1-12-14(19-9-18-12)8-24-7-6-17-16(23)13-4-2-3-5-15(13)22-10-20-21-11-22/h2-5,9-11H,6-8H2,1H3,(H,17,23)(H,18,19). The number of amides is 1. The topological polar surface area (TPSA) is 88.5 Å². The van der Waals surface area contributed by atoms with E-state index in [0.717, 1.165) is 28.6 Å². The molecule has 0 bridgehead atoms. The Hall–Kier alpha value is -2.61. The van der Waals surface area contributed by atoms with Crippen molar-refractivity contribution < 1.29 is 4.79 Å². The van der Waals surface area contributed by atoms with Crippen LogP contribution in [0.2, 0.25) is 0 Å². The second-order valence-electron chi connectivity index (χ2n) is 5.17. The molecule has 3 rings (SSSR count). The molecular formula is C16H18N6OS. The van der Waals surface area contributed by atoms with E-state index in [9.17, 15) is 4.79 Å². The van der Waals surface area contributed by atoms with Gasteiger partial charge in [0, 0.05) is 23.7 Å². The molecule has 0 atom stereocenters. The Morgan fingerprint density at radius 1 is 1.29 bits per heavy atom. The number of aromatic nitrogens is 5. The zero-order valence-corrected chi connectivity index (χ0v) is 14.1. The molecule has 0 aliphatic carbocycles. The van der Waals surface area contributed by atoms with Crippen LogP contribution < -0.4 is 5.32 Å². The van der Waals surface area contributed by atoms with E-state index in [-0.39, 0.29) is 5.91 Å². The third-order valence-corrected chi connectivity index (χ3v) is 4.52. The molecule has 0 saturated heterocycles. The maximum absolute atomic E-state index is 12.4. The molecule has 0 radical (unpaired) electrons. The Bertz CT molecular complexity index is 799. The second kappa shape index (κ2) is 7.78. The van der Waals surface area contributed by atoms with Crippen LogP contribution in [-0.2, 0) is 5.75 Å². The summed E-state index contributed by atoms with van der Waals surface area (Å²) in [5.41, 5.74) is 3.52. The summed E-state index contributed by atoms with van der Waals surface area (Å²) in [7, 11) is 0. The number of hydrogen-bond acceptors (Lipinski definition) is 5. The van der Waals surface area contributed by atoms with Gasteiger partial charge in [0.1, 0.15) is 12.7 Å². The van der Waals surface area contributed by atoms with Crippen molar-refractivity contribution in [3.05, 3.63) is 60.2 Å². The number of benzene rings is 1. The number of imidazole rings is 1. The number of nitrogens with one attached hydrogen (secondary N) is 2. The number of H-pyrrole nitrogens is 1. The number of nitrogens with zero attached hydrogens (tertiary/aromatic N) is 4. The fourth-order valence-corrected chi connectivity index (χ4v) is 3.12. The molecule has 0 saturated carbocycles. The maximum Gasteiger partial charge on any atom is 0.253 e. The number of rotatable bonds is 7. The van der Waals surface area contributed by atoms with Crippen LogP contribution in [0.3, 0.4) is 0 Å². The summed E-state index contributed by atoms with van der Waals surface area (Å²) in [4.78, 5) is 19.7. The van der Waals surface area contributed by atoms with E-state index in [0.29, 0.717) is 12.1 Å². The van der Waals surface area contributed by atoms with E-state index in [2.05, 4.69) is 25.5 Å². The van der Waals surface area contributed by atoms with Crippen molar-refractivity contribution in [1.29, 1.82) is 0 Å². The molecule has 2 aromatic heterocycles. The highest BCUT2D eigenvalue weighted by molar-refractivity contribution is 7.98. The Morgan fingerprint density at radius 3 is 2.83 bits per heavy atom. The molecule has 1 aromatic carbocycles. The van der Waals surface area contributed by atoms with E-state index >= 15 is 0 Å². The zero-order valence-electron chi connectivity index (χ0n) is 13.3. The first-order valence-electron chi connectivity index (χ1n) is 7.54. The number of aryl methyl sites for hydroxylation is 1. The van der Waals surface area contributed by atoms with Gasteiger partial charge in [0.2, 0.25) is 0 Å². The average molecular weight is 342 g/mol. The predicted molar refractivity (Wildman–Crippen MR) is 93.2 cm³/mol. The van der Waals surface area contributed by atoms with Crippen molar-refractivity contribution in [2.45, 2.75) is 12.7 Å². The van der Waals surface area contributed by atoms with Crippen LogP contribution in [0.25, 0.3) is 5.69 Å². The van der Waals surface area contributed by atoms with Gasteiger partial charge < -0.3 is 10.3 Å². The van der Waals surface area contributed by atoms with Crippen LogP contribution in [0, 0.1) is 6.92 Å². The normalized spacial score (nSPS) is 10.7. The highest BCUT2D eigenvalue weighted by atomic mass is 32.2. The molecule has 0 unspecified atom stereocenters. The summed E-state index contributed by atoms with van der Waals surface area (Å²) in [6, 6.07) is 7.39. The summed E-state index contributed by atoms with van der Waals surface area (Å²) in [6.07, 6.45) is 4.86. The van der Waals surface area contributed by atoms with Gasteiger partial charge in [-0.2, -0.15) is 11.8 Å². The van der Waals surface area contributed by atoms with Crippen LogP contribution in [0.4, 0.5) is 0 Å². The highest BCUT2D eigenvalue weighted by Gasteiger charge is 2.11. The van der Waals surface area contributed by atoms with Gasteiger partial charge >= 0.3 is 0 Å². The molecule has 24 heavy (non-hydrogen) atoms. The number of hydrogen-bond donors (Lipinski definition) is 2. The van der Waals surface area contributed by atoms with Gasteiger partial charge in [-0.25, -0.2) is 4.98 Å². The first-order chi connectivity index (χ1) is 11.8. The van der Waals surface area contributed by atoms with Gasteiger partial charge in [-0.1, -0.05) is 12.1 Å². The lowest BCUT2D eigenvalue weighted by Crippen LogP contribution is -2.26. The highest BCUT2D eigenvalue weighted by Crippen LogP contribution is 2.14. The van der Waals surface area contributed by atoms with Crippen molar-refractivity contribution in [3.8, 4) is 5.69 Å². The minimum absolute atomic E-state index is 0.101. The number of carbonyl (C=O) groups excluding carboxylic acids is 1. The van der Waals surface area contributed by atoms with Crippen LogP contribution in [-0.4, -0.2) is 42.9 Å². The van der Waals surface area contributed by atoms with Gasteiger partial charge in [-0.05, 0) is 19.1 Å². The summed E-state index contributed by atoms with van der Waals surface area (Å²) in [6.45, 7) is 2.61. The van der Waals surface area contributed by atoms with Gasteiger partial charge in [-0.15, -0.1) is 10.2 Å². The Balaban J connectivity index is 1.52. The smallest absolute Gasteiger partial charge is 0.253 e. The lowest BCUT2D eigenvalue weighted by Gasteiger charge is -2.10. The van der Waals surface area contributed by atoms with E-state index in [1.165, 1.54) is 0 Å². The third-order valence-electron chi connectivity index (χ3n) is 3.55. The van der Waals surface area contributed by atoms with Gasteiger partial charge in [0.05, 0.1) is 23.3 Å². The summed E-state index contributed by atoms with van der Waals surface area (Å²) in [5.74, 6) is 1.56. The Labute approximate surface area is 143 Å². The zero-order chi connectivity index (χ0) is 16.8. The minimum Gasteiger partial charge on any atom is -0.351 e. The fraction of sp³-hybridized carbons (Fsp3) is 0.250. The first kappa shape index (κ1) is 16.3. The largest absolute Gasteiger partial charge is 0.351 e. The molecule has 0 aliphatic heterocycles. The molecule has 2 N–H and O–H groups in total. The van der Waals surface area contributed by atoms with Gasteiger partial charge in [-0.3, -0.25) is 9.36 Å². The quantitative estimate of drug-likeness (QED) is 0.641. The number of thioether (sulfide) groups is 1. The molecule has 124 valence electrons. The van der Waals surface area contributed by atoms with Gasteiger partial charge in [0.25, 0.3) is 5.91 Å². The van der Waals surface area contributed by atoms with Gasteiger partial charge in [0.15, 0.2) is 0 Å². The number of aromatic amines is 1. The number of carbonyl (C=O) groups is 1. The minimum atomic E-state index is -0.101. The fourth-order valence-electron chi connectivity index (χ4n) is 2.25. The molecule has 0 fully saturated rings. The molecule has 0 aliphatic rings. The van der Waals surface area contributed by atoms with E-state index in [4.69, 9.17) is 0 Å². The SMILES string of the molecule is Cc1[nH]cnc1CSCCNC(=O)c1ccccc1-n1cnnc1. The van der Waals surface area contributed by atoms with E-state index in [1.807, 2.05) is 25.1 Å². The summed E-state index contributed by atoms with van der Waals surface area (Å²) < 4.78 is 1.73. The predicted octanol–water partition coefficient (Wildman–Crippen LogP) is 1.96. The average Bonchev–Trinajstić information content (AvgIpc) is 3.26. The van der Waals surface area contributed by atoms with E-state index in [1.54, 1.807) is 41.4 Å². The Kier molecular flexibility index (Phi) is 5.27. The Morgan fingerprint density at radius 2 is 2.08 bits per heavy atom.